The Kier molecular flexibility index (Phi) is 2.82. The summed E-state index contributed by atoms with van der Waals surface area (Å²) in [7, 11) is 0. The molecule has 0 fully saturated rings. The van der Waals surface area contributed by atoms with E-state index in [1.165, 1.54) is 6.07 Å². The Labute approximate surface area is 93.5 Å². The molecule has 16 heavy (non-hydrogen) atoms. The molecule has 0 aromatic heterocycles. The lowest BCUT2D eigenvalue weighted by molar-refractivity contribution is 0.112. The minimum atomic E-state index is -0.455. The summed E-state index contributed by atoms with van der Waals surface area (Å²) in [5.41, 5.74) is 2.42. The molecule has 2 heteroatoms. The van der Waals surface area contributed by atoms with Gasteiger partial charge in [0.05, 0.1) is 5.56 Å². The fourth-order valence-corrected chi connectivity index (χ4v) is 1.68. The molecule has 0 spiro atoms. The van der Waals surface area contributed by atoms with E-state index in [0.717, 1.165) is 11.1 Å². The molecule has 0 atom stereocenters. The number of carbonyl (C=O) groups excluding carboxylic acids is 1. The van der Waals surface area contributed by atoms with Crippen molar-refractivity contribution in [2.45, 2.75) is 6.92 Å². The molecule has 0 saturated carbocycles. The Bertz CT molecular complexity index is 532. The van der Waals surface area contributed by atoms with Crippen LogP contribution in [0.5, 0.6) is 0 Å². The number of benzene rings is 2. The smallest absolute Gasteiger partial charge is 0.153 e. The minimum Gasteiger partial charge on any atom is -0.298 e. The number of aryl methyl sites for hydroxylation is 1. The van der Waals surface area contributed by atoms with Crippen LogP contribution in [0.15, 0.2) is 42.5 Å². The van der Waals surface area contributed by atoms with Crippen molar-refractivity contribution >= 4 is 6.29 Å². The Hall–Kier alpha value is -1.96. The zero-order valence-corrected chi connectivity index (χ0v) is 8.91. The fraction of sp³-hybridized carbons (Fsp3) is 0.0714. The molecule has 2 aromatic carbocycles. The normalized spacial score (nSPS) is 10.1. The Balaban J connectivity index is 2.60. The summed E-state index contributed by atoms with van der Waals surface area (Å²) in [4.78, 5) is 10.6. The van der Waals surface area contributed by atoms with Gasteiger partial charge in [0.1, 0.15) is 5.82 Å². The second-order valence-corrected chi connectivity index (χ2v) is 3.70. The van der Waals surface area contributed by atoms with Gasteiger partial charge in [-0.1, -0.05) is 42.0 Å². The number of hydrogen-bond acceptors (Lipinski definition) is 1. The third-order valence-corrected chi connectivity index (χ3v) is 2.48. The van der Waals surface area contributed by atoms with Crippen LogP contribution < -0.4 is 0 Å². The summed E-state index contributed by atoms with van der Waals surface area (Å²) in [6, 6.07) is 12.4. The van der Waals surface area contributed by atoms with E-state index in [9.17, 15) is 9.18 Å². The van der Waals surface area contributed by atoms with Gasteiger partial charge < -0.3 is 0 Å². The number of rotatable bonds is 2. The van der Waals surface area contributed by atoms with E-state index in [-0.39, 0.29) is 5.56 Å². The summed E-state index contributed by atoms with van der Waals surface area (Å²) in [6.45, 7) is 1.95. The lowest BCUT2D eigenvalue weighted by Gasteiger charge is -2.05. The molecule has 2 aromatic rings. The highest BCUT2D eigenvalue weighted by Crippen LogP contribution is 2.24. The zero-order chi connectivity index (χ0) is 11.5. The van der Waals surface area contributed by atoms with Crippen molar-refractivity contribution in [2.24, 2.45) is 0 Å². The van der Waals surface area contributed by atoms with Crippen molar-refractivity contribution in [1.29, 1.82) is 0 Å². The standard InChI is InChI=1S/C14H11FO/c1-10-4-2-5-11(8-10)13-7-3-6-12(9-16)14(13)15/h2-9H,1H3. The Morgan fingerprint density at radius 1 is 1.12 bits per heavy atom. The van der Waals surface area contributed by atoms with Crippen LogP contribution in [0.3, 0.4) is 0 Å². The van der Waals surface area contributed by atoms with Crippen molar-refractivity contribution < 1.29 is 9.18 Å². The van der Waals surface area contributed by atoms with Gasteiger partial charge in [0.2, 0.25) is 0 Å². The summed E-state index contributed by atoms with van der Waals surface area (Å²) in [5.74, 6) is -0.455. The second kappa shape index (κ2) is 4.27. The predicted octanol–water partition coefficient (Wildman–Crippen LogP) is 3.61. The van der Waals surface area contributed by atoms with Gasteiger partial charge in [-0.2, -0.15) is 0 Å². The van der Waals surface area contributed by atoms with Gasteiger partial charge in [0, 0.05) is 5.56 Å². The van der Waals surface area contributed by atoms with Crippen LogP contribution in [-0.2, 0) is 0 Å². The molecule has 0 saturated heterocycles. The van der Waals surface area contributed by atoms with Gasteiger partial charge in [-0.3, -0.25) is 4.79 Å². The molecule has 2 rings (SSSR count). The lowest BCUT2D eigenvalue weighted by Crippen LogP contribution is -1.91. The van der Waals surface area contributed by atoms with Crippen molar-refractivity contribution in [3.05, 3.63) is 59.4 Å². The molecule has 0 bridgehead atoms. The van der Waals surface area contributed by atoms with E-state index >= 15 is 0 Å². The third-order valence-electron chi connectivity index (χ3n) is 2.48. The van der Waals surface area contributed by atoms with E-state index in [0.29, 0.717) is 11.8 Å². The number of aldehydes is 1. The lowest BCUT2D eigenvalue weighted by atomic mass is 10.0. The summed E-state index contributed by atoms with van der Waals surface area (Å²) < 4.78 is 13.9. The molecule has 0 N–H and O–H groups in total. The van der Waals surface area contributed by atoms with Gasteiger partial charge >= 0.3 is 0 Å². The largest absolute Gasteiger partial charge is 0.298 e. The number of hydrogen-bond donors (Lipinski definition) is 0. The maximum Gasteiger partial charge on any atom is 0.153 e. The molecule has 0 unspecified atom stereocenters. The van der Waals surface area contributed by atoms with E-state index in [1.807, 2.05) is 31.2 Å². The van der Waals surface area contributed by atoms with Gasteiger partial charge in [-0.05, 0) is 18.6 Å². The first-order valence-corrected chi connectivity index (χ1v) is 5.03. The van der Waals surface area contributed by atoms with Crippen LogP contribution in [-0.4, -0.2) is 6.29 Å². The summed E-state index contributed by atoms with van der Waals surface area (Å²) >= 11 is 0. The van der Waals surface area contributed by atoms with Gasteiger partial charge in [-0.25, -0.2) is 4.39 Å². The molecular formula is C14H11FO. The number of halogens is 1. The molecule has 0 heterocycles. The van der Waals surface area contributed by atoms with Crippen molar-refractivity contribution in [3.63, 3.8) is 0 Å². The molecule has 0 radical (unpaired) electrons. The molecule has 0 aliphatic heterocycles. The zero-order valence-electron chi connectivity index (χ0n) is 8.91. The number of carbonyl (C=O) groups is 1. The molecule has 80 valence electrons. The van der Waals surface area contributed by atoms with Gasteiger partial charge in [0.25, 0.3) is 0 Å². The molecule has 0 amide bonds. The van der Waals surface area contributed by atoms with Gasteiger partial charge in [0.15, 0.2) is 6.29 Å². The highest BCUT2D eigenvalue weighted by Gasteiger charge is 2.08. The van der Waals surface area contributed by atoms with Gasteiger partial charge in [-0.15, -0.1) is 0 Å². The quantitative estimate of drug-likeness (QED) is 0.698. The van der Waals surface area contributed by atoms with Crippen LogP contribution in [0.4, 0.5) is 4.39 Å². The Morgan fingerprint density at radius 3 is 2.56 bits per heavy atom. The van der Waals surface area contributed by atoms with Crippen LogP contribution in [0, 0.1) is 12.7 Å². The van der Waals surface area contributed by atoms with E-state index in [1.54, 1.807) is 12.1 Å². The highest BCUT2D eigenvalue weighted by molar-refractivity contribution is 5.79. The van der Waals surface area contributed by atoms with Crippen LogP contribution in [0.1, 0.15) is 15.9 Å². The third kappa shape index (κ3) is 1.87. The molecule has 0 aliphatic carbocycles. The predicted molar refractivity (Wildman–Crippen MR) is 62.0 cm³/mol. The first kappa shape index (κ1) is 10.6. The SMILES string of the molecule is Cc1cccc(-c2cccc(C=O)c2F)c1. The molecule has 1 nitrogen and oxygen atoms in total. The second-order valence-electron chi connectivity index (χ2n) is 3.70. The monoisotopic (exact) mass is 214 g/mol. The van der Waals surface area contributed by atoms with Crippen molar-refractivity contribution in [3.8, 4) is 11.1 Å². The molecule has 0 aliphatic rings. The average Bonchev–Trinajstić information content (AvgIpc) is 2.29. The van der Waals surface area contributed by atoms with E-state index in [4.69, 9.17) is 0 Å². The van der Waals surface area contributed by atoms with Crippen molar-refractivity contribution in [1.82, 2.24) is 0 Å². The maximum absolute atomic E-state index is 13.9. The first-order chi connectivity index (χ1) is 7.72. The first-order valence-electron chi connectivity index (χ1n) is 5.03. The topological polar surface area (TPSA) is 17.1 Å². The van der Waals surface area contributed by atoms with E-state index < -0.39 is 5.82 Å². The van der Waals surface area contributed by atoms with E-state index in [2.05, 4.69) is 0 Å². The van der Waals surface area contributed by atoms with Crippen LogP contribution in [0.25, 0.3) is 11.1 Å². The minimum absolute atomic E-state index is 0.0963. The highest BCUT2D eigenvalue weighted by atomic mass is 19.1. The van der Waals surface area contributed by atoms with Crippen LogP contribution in [0.2, 0.25) is 0 Å². The van der Waals surface area contributed by atoms with Crippen molar-refractivity contribution in [2.75, 3.05) is 0 Å². The maximum atomic E-state index is 13.9. The Morgan fingerprint density at radius 2 is 1.88 bits per heavy atom. The van der Waals surface area contributed by atoms with Crippen LogP contribution >= 0.6 is 0 Å². The summed E-state index contributed by atoms with van der Waals surface area (Å²) in [5, 5.41) is 0. The average molecular weight is 214 g/mol. The molecular weight excluding hydrogens is 203 g/mol. The summed E-state index contributed by atoms with van der Waals surface area (Å²) in [6.07, 6.45) is 0.536. The fourth-order valence-electron chi connectivity index (χ4n) is 1.68.